The third-order valence-corrected chi connectivity index (χ3v) is 5.75. The quantitative estimate of drug-likeness (QED) is 0.445. The molecule has 0 atom stereocenters. The molecule has 0 spiro atoms. The number of carbonyl (C=O) groups excluding carboxylic acids is 1. The average molecular weight is 424 g/mol. The van der Waals surface area contributed by atoms with Crippen LogP contribution in [0.25, 0.3) is 17.1 Å². The van der Waals surface area contributed by atoms with Crippen LogP contribution in [0, 0.1) is 0 Å². The van der Waals surface area contributed by atoms with Gasteiger partial charge in [-0.25, -0.2) is 0 Å². The predicted molar refractivity (Wildman–Crippen MR) is 122 cm³/mol. The lowest BCUT2D eigenvalue weighted by atomic mass is 10.1. The third-order valence-electron chi connectivity index (χ3n) is 4.84. The summed E-state index contributed by atoms with van der Waals surface area (Å²) < 4.78 is 2.02. The Bertz CT molecular complexity index is 934. The van der Waals surface area contributed by atoms with Gasteiger partial charge < -0.3 is 4.90 Å². The van der Waals surface area contributed by atoms with Gasteiger partial charge in [-0.1, -0.05) is 44.7 Å². The van der Waals surface area contributed by atoms with Crippen LogP contribution < -0.4 is 0 Å². The Morgan fingerprint density at radius 1 is 0.967 bits per heavy atom. The first kappa shape index (κ1) is 22.0. The zero-order valence-electron chi connectivity index (χ0n) is 17.9. The Morgan fingerprint density at radius 2 is 1.63 bits per heavy atom. The van der Waals surface area contributed by atoms with E-state index in [0.717, 1.165) is 49.4 Å². The lowest BCUT2D eigenvalue weighted by Gasteiger charge is -2.21. The van der Waals surface area contributed by atoms with Crippen molar-refractivity contribution in [1.29, 1.82) is 0 Å². The summed E-state index contributed by atoms with van der Waals surface area (Å²) in [6, 6.07) is 12.2. The summed E-state index contributed by atoms with van der Waals surface area (Å²) in [4.78, 5) is 18.8. The smallest absolute Gasteiger partial charge is 0.233 e. The van der Waals surface area contributed by atoms with Crippen molar-refractivity contribution in [3.63, 3.8) is 0 Å². The fraction of sp³-hybridized carbons (Fsp3) is 0.391. The molecule has 1 aromatic carbocycles. The summed E-state index contributed by atoms with van der Waals surface area (Å²) in [5, 5.41) is 9.57. The van der Waals surface area contributed by atoms with Gasteiger partial charge in [0.15, 0.2) is 11.0 Å². The third kappa shape index (κ3) is 5.27. The number of hydrogen-bond acceptors (Lipinski definition) is 5. The number of benzene rings is 1. The Morgan fingerprint density at radius 3 is 2.23 bits per heavy atom. The second-order valence-corrected chi connectivity index (χ2v) is 8.01. The minimum atomic E-state index is 0.144. The van der Waals surface area contributed by atoms with Gasteiger partial charge in [0, 0.05) is 36.7 Å². The molecule has 0 aliphatic rings. The van der Waals surface area contributed by atoms with Crippen molar-refractivity contribution in [2.75, 3.05) is 18.8 Å². The number of aryl methyl sites for hydroxylation is 1. The van der Waals surface area contributed by atoms with E-state index in [9.17, 15) is 4.79 Å². The molecule has 30 heavy (non-hydrogen) atoms. The van der Waals surface area contributed by atoms with Crippen LogP contribution in [0.1, 0.15) is 39.2 Å². The second-order valence-electron chi connectivity index (χ2n) is 7.07. The molecule has 0 saturated carbocycles. The van der Waals surface area contributed by atoms with E-state index in [-0.39, 0.29) is 5.91 Å². The summed E-state index contributed by atoms with van der Waals surface area (Å²) in [6.45, 7) is 7.92. The van der Waals surface area contributed by atoms with Gasteiger partial charge >= 0.3 is 0 Å². The van der Waals surface area contributed by atoms with Crippen molar-refractivity contribution in [3.8, 4) is 17.1 Å². The molecule has 3 rings (SSSR count). The number of hydrogen-bond donors (Lipinski definition) is 0. The van der Waals surface area contributed by atoms with Gasteiger partial charge in [0.05, 0.1) is 5.75 Å². The number of carbonyl (C=O) groups is 1. The molecule has 0 aliphatic heterocycles. The highest BCUT2D eigenvalue weighted by Gasteiger charge is 2.19. The minimum Gasteiger partial charge on any atom is -0.342 e. The van der Waals surface area contributed by atoms with Crippen LogP contribution in [0.5, 0.6) is 0 Å². The van der Waals surface area contributed by atoms with E-state index in [1.54, 1.807) is 12.4 Å². The maximum absolute atomic E-state index is 12.7. The number of thioether (sulfide) groups is 1. The molecule has 0 radical (unpaired) electrons. The summed E-state index contributed by atoms with van der Waals surface area (Å²) in [5.74, 6) is 1.24. The first-order chi connectivity index (χ1) is 14.7. The van der Waals surface area contributed by atoms with Gasteiger partial charge in [0.1, 0.15) is 0 Å². The molecule has 0 unspecified atom stereocenters. The first-order valence-electron chi connectivity index (χ1n) is 10.5. The Kier molecular flexibility index (Phi) is 8.02. The average Bonchev–Trinajstić information content (AvgIpc) is 3.22. The van der Waals surface area contributed by atoms with Gasteiger partial charge in [0.25, 0.3) is 0 Å². The van der Waals surface area contributed by atoms with Gasteiger partial charge in [-0.05, 0) is 49.1 Å². The SMILES string of the molecule is CCCN(CCC)C(=O)CSc1nnc(-c2ccncc2)n1-c1ccc(CC)cc1. The number of nitrogens with zero attached hydrogens (tertiary/aromatic N) is 5. The van der Waals surface area contributed by atoms with Gasteiger partial charge in [0.2, 0.25) is 5.91 Å². The molecule has 0 aliphatic carbocycles. The second kappa shape index (κ2) is 10.9. The van der Waals surface area contributed by atoms with Crippen molar-refractivity contribution >= 4 is 17.7 Å². The van der Waals surface area contributed by atoms with E-state index in [4.69, 9.17) is 0 Å². The van der Waals surface area contributed by atoms with Gasteiger partial charge in [-0.15, -0.1) is 10.2 Å². The molecule has 0 N–H and O–H groups in total. The van der Waals surface area contributed by atoms with Gasteiger partial charge in [-0.2, -0.15) is 0 Å². The molecular formula is C23H29N5OS. The molecule has 0 fully saturated rings. The van der Waals surface area contributed by atoms with Crippen molar-refractivity contribution in [3.05, 3.63) is 54.4 Å². The summed E-state index contributed by atoms with van der Waals surface area (Å²) in [5.41, 5.74) is 3.20. The Balaban J connectivity index is 1.90. The van der Waals surface area contributed by atoms with E-state index in [2.05, 4.69) is 60.2 Å². The lowest BCUT2D eigenvalue weighted by molar-refractivity contribution is -0.128. The highest BCUT2D eigenvalue weighted by molar-refractivity contribution is 7.99. The van der Waals surface area contributed by atoms with E-state index >= 15 is 0 Å². The highest BCUT2D eigenvalue weighted by atomic mass is 32.2. The number of rotatable bonds is 10. The van der Waals surface area contributed by atoms with Crippen molar-refractivity contribution in [2.45, 2.75) is 45.2 Å². The predicted octanol–water partition coefficient (Wildman–Crippen LogP) is 4.63. The fourth-order valence-electron chi connectivity index (χ4n) is 3.28. The molecule has 3 aromatic rings. The van der Waals surface area contributed by atoms with Crippen molar-refractivity contribution in [1.82, 2.24) is 24.6 Å². The van der Waals surface area contributed by atoms with Crippen molar-refractivity contribution < 1.29 is 4.79 Å². The van der Waals surface area contributed by atoms with Crippen LogP contribution in [0.15, 0.2) is 53.9 Å². The highest BCUT2D eigenvalue weighted by Crippen LogP contribution is 2.28. The monoisotopic (exact) mass is 423 g/mol. The van der Waals surface area contributed by atoms with Crippen LogP contribution >= 0.6 is 11.8 Å². The largest absolute Gasteiger partial charge is 0.342 e. The lowest BCUT2D eigenvalue weighted by Crippen LogP contribution is -2.33. The van der Waals surface area contributed by atoms with E-state index in [1.165, 1.54) is 17.3 Å². The molecule has 0 bridgehead atoms. The van der Waals surface area contributed by atoms with Crippen molar-refractivity contribution in [2.24, 2.45) is 0 Å². The Labute approximate surface area is 182 Å². The number of pyridine rings is 1. The molecule has 2 heterocycles. The normalized spacial score (nSPS) is 10.9. The Hall–Kier alpha value is -2.67. The molecule has 0 saturated heterocycles. The zero-order chi connectivity index (χ0) is 21.3. The van der Waals surface area contributed by atoms with Gasteiger partial charge in [-0.3, -0.25) is 14.3 Å². The molecule has 158 valence electrons. The maximum Gasteiger partial charge on any atom is 0.233 e. The standard InChI is InChI=1S/C23H29N5OS/c1-4-15-27(16-5-2)21(29)17-30-23-26-25-22(19-11-13-24-14-12-19)28(23)20-9-7-18(6-3)8-10-20/h7-14H,4-6,15-17H2,1-3H3. The summed E-state index contributed by atoms with van der Waals surface area (Å²) in [7, 11) is 0. The van der Waals surface area contributed by atoms with E-state index < -0.39 is 0 Å². The number of aromatic nitrogens is 4. The molecule has 7 heteroatoms. The number of amides is 1. The van der Waals surface area contributed by atoms with Crippen LogP contribution in [0.2, 0.25) is 0 Å². The van der Waals surface area contributed by atoms with E-state index in [0.29, 0.717) is 10.9 Å². The topological polar surface area (TPSA) is 63.9 Å². The van der Waals surface area contributed by atoms with Crippen LogP contribution in [0.4, 0.5) is 0 Å². The van der Waals surface area contributed by atoms with Crippen LogP contribution in [-0.2, 0) is 11.2 Å². The molecule has 2 aromatic heterocycles. The first-order valence-corrected chi connectivity index (χ1v) is 11.5. The zero-order valence-corrected chi connectivity index (χ0v) is 18.7. The molecule has 1 amide bonds. The van der Waals surface area contributed by atoms with Crippen LogP contribution in [0.3, 0.4) is 0 Å². The molecular weight excluding hydrogens is 394 g/mol. The molecule has 6 nitrogen and oxygen atoms in total. The summed E-state index contributed by atoms with van der Waals surface area (Å²) >= 11 is 1.44. The maximum atomic E-state index is 12.7. The van der Waals surface area contributed by atoms with Crippen LogP contribution in [-0.4, -0.2) is 49.4 Å². The minimum absolute atomic E-state index is 0.144. The summed E-state index contributed by atoms with van der Waals surface area (Å²) in [6.07, 6.45) is 6.40. The fourth-order valence-corrected chi connectivity index (χ4v) is 4.14. The van der Waals surface area contributed by atoms with E-state index in [1.807, 2.05) is 21.6 Å².